The molecule has 0 amide bonds. The van der Waals surface area contributed by atoms with Crippen LogP contribution in [0.4, 0.5) is 0 Å². The van der Waals surface area contributed by atoms with Crippen LogP contribution in [-0.4, -0.2) is 29.1 Å². The Labute approximate surface area is 106 Å². The first-order chi connectivity index (χ1) is 8.34. The number of piperidine rings is 1. The van der Waals surface area contributed by atoms with Crippen molar-refractivity contribution < 1.29 is 0 Å². The predicted octanol–water partition coefficient (Wildman–Crippen LogP) is 3.05. The van der Waals surface area contributed by atoms with Gasteiger partial charge in [-0.05, 0) is 38.5 Å². The van der Waals surface area contributed by atoms with E-state index in [9.17, 15) is 0 Å². The summed E-state index contributed by atoms with van der Waals surface area (Å²) in [5.74, 6) is 0. The molecule has 2 atom stereocenters. The fraction of sp³-hybridized carbons (Fsp3) is 1.00. The normalized spacial score (nSPS) is 41.1. The Hall–Kier alpha value is -0.0800. The van der Waals surface area contributed by atoms with E-state index in [0.717, 1.165) is 18.1 Å². The minimum absolute atomic E-state index is 0.498. The van der Waals surface area contributed by atoms with Crippen LogP contribution in [0.15, 0.2) is 0 Å². The molecule has 2 heteroatoms. The predicted molar refractivity (Wildman–Crippen MR) is 72.0 cm³/mol. The maximum atomic E-state index is 6.18. The van der Waals surface area contributed by atoms with Gasteiger partial charge in [0.25, 0.3) is 0 Å². The van der Waals surface area contributed by atoms with Gasteiger partial charge >= 0.3 is 0 Å². The van der Waals surface area contributed by atoms with Crippen LogP contribution in [-0.2, 0) is 0 Å². The number of fused-ring (bicyclic) bond motifs is 2. The second-order valence-electron chi connectivity index (χ2n) is 6.56. The SMILES string of the molecule is NC1CC2CCC(C1)N2C1CCCCCCC1. The first-order valence-electron chi connectivity index (χ1n) is 7.87. The van der Waals surface area contributed by atoms with E-state index in [0.29, 0.717) is 6.04 Å². The molecule has 0 aromatic carbocycles. The van der Waals surface area contributed by atoms with Crippen LogP contribution in [0.3, 0.4) is 0 Å². The van der Waals surface area contributed by atoms with E-state index in [1.165, 1.54) is 70.6 Å². The minimum atomic E-state index is 0.498. The number of hydrogen-bond donors (Lipinski definition) is 1. The summed E-state index contributed by atoms with van der Waals surface area (Å²) in [4.78, 5) is 2.91. The van der Waals surface area contributed by atoms with Gasteiger partial charge in [0.1, 0.15) is 0 Å². The van der Waals surface area contributed by atoms with E-state index < -0.39 is 0 Å². The molecule has 2 unspecified atom stereocenters. The van der Waals surface area contributed by atoms with Crippen LogP contribution in [0, 0.1) is 0 Å². The molecule has 3 rings (SSSR count). The number of nitrogens with zero attached hydrogens (tertiary/aromatic N) is 1. The highest BCUT2D eigenvalue weighted by molar-refractivity contribution is 4.99. The summed E-state index contributed by atoms with van der Waals surface area (Å²) in [5.41, 5.74) is 6.18. The van der Waals surface area contributed by atoms with Gasteiger partial charge < -0.3 is 5.73 Å². The lowest BCUT2D eigenvalue weighted by Crippen LogP contribution is -2.52. The van der Waals surface area contributed by atoms with Crippen LogP contribution in [0.5, 0.6) is 0 Å². The largest absolute Gasteiger partial charge is 0.328 e. The summed E-state index contributed by atoms with van der Waals surface area (Å²) in [6.07, 6.45) is 15.7. The van der Waals surface area contributed by atoms with Crippen molar-refractivity contribution in [2.24, 2.45) is 5.73 Å². The molecule has 2 nitrogen and oxygen atoms in total. The molecular formula is C15H28N2. The molecule has 0 radical (unpaired) electrons. The maximum Gasteiger partial charge on any atom is 0.0116 e. The van der Waals surface area contributed by atoms with E-state index in [2.05, 4.69) is 4.90 Å². The summed E-state index contributed by atoms with van der Waals surface area (Å²) in [6, 6.07) is 3.08. The molecule has 1 saturated carbocycles. The van der Waals surface area contributed by atoms with Gasteiger partial charge in [0.05, 0.1) is 0 Å². The van der Waals surface area contributed by atoms with Crippen molar-refractivity contribution in [2.75, 3.05) is 0 Å². The van der Waals surface area contributed by atoms with Crippen LogP contribution < -0.4 is 5.73 Å². The molecule has 3 aliphatic rings. The molecule has 1 aliphatic carbocycles. The second-order valence-corrected chi connectivity index (χ2v) is 6.56. The monoisotopic (exact) mass is 236 g/mol. The molecule has 2 heterocycles. The fourth-order valence-corrected chi connectivity index (χ4v) is 4.58. The lowest BCUT2D eigenvalue weighted by Gasteiger charge is -2.43. The Bertz CT molecular complexity index is 231. The molecule has 2 bridgehead atoms. The number of rotatable bonds is 1. The zero-order chi connectivity index (χ0) is 11.7. The lowest BCUT2D eigenvalue weighted by atomic mass is 9.90. The number of nitrogens with two attached hydrogens (primary N) is 1. The van der Waals surface area contributed by atoms with Crippen LogP contribution in [0.2, 0.25) is 0 Å². The lowest BCUT2D eigenvalue weighted by molar-refractivity contribution is 0.0632. The van der Waals surface area contributed by atoms with Crippen molar-refractivity contribution in [1.82, 2.24) is 4.90 Å². The molecule has 3 fully saturated rings. The van der Waals surface area contributed by atoms with Crippen molar-refractivity contribution in [1.29, 1.82) is 0 Å². The van der Waals surface area contributed by atoms with Gasteiger partial charge in [-0.25, -0.2) is 0 Å². The van der Waals surface area contributed by atoms with Crippen LogP contribution in [0.1, 0.15) is 70.6 Å². The van der Waals surface area contributed by atoms with Gasteiger partial charge in [-0.2, -0.15) is 0 Å². The molecule has 0 aromatic rings. The van der Waals surface area contributed by atoms with Crippen molar-refractivity contribution in [3.05, 3.63) is 0 Å². The van der Waals surface area contributed by atoms with E-state index in [1.54, 1.807) is 0 Å². The van der Waals surface area contributed by atoms with E-state index in [4.69, 9.17) is 5.73 Å². The molecule has 2 N–H and O–H groups in total. The fourth-order valence-electron chi connectivity index (χ4n) is 4.58. The Morgan fingerprint density at radius 1 is 0.647 bits per heavy atom. The standard InChI is InChI=1S/C15H28N2/c16-12-10-14-8-9-15(11-12)17(14)13-6-4-2-1-3-5-7-13/h12-15H,1-11,16H2. The molecule has 0 spiro atoms. The van der Waals surface area contributed by atoms with E-state index in [1.807, 2.05) is 0 Å². The average Bonchev–Trinajstić information content (AvgIpc) is 2.53. The average molecular weight is 236 g/mol. The second kappa shape index (κ2) is 5.27. The summed E-state index contributed by atoms with van der Waals surface area (Å²) in [5, 5.41) is 0. The highest BCUT2D eigenvalue weighted by Crippen LogP contribution is 2.39. The zero-order valence-corrected chi connectivity index (χ0v) is 11.1. The summed E-state index contributed by atoms with van der Waals surface area (Å²) >= 11 is 0. The molecular weight excluding hydrogens is 208 g/mol. The summed E-state index contributed by atoms with van der Waals surface area (Å²) in [7, 11) is 0. The van der Waals surface area contributed by atoms with Gasteiger partial charge in [-0.3, -0.25) is 4.90 Å². The molecule has 17 heavy (non-hydrogen) atoms. The highest BCUT2D eigenvalue weighted by atomic mass is 15.2. The third-order valence-corrected chi connectivity index (χ3v) is 5.32. The summed E-state index contributed by atoms with van der Waals surface area (Å²) in [6.45, 7) is 0. The smallest absolute Gasteiger partial charge is 0.0116 e. The van der Waals surface area contributed by atoms with Crippen LogP contribution >= 0.6 is 0 Å². The third-order valence-electron chi connectivity index (χ3n) is 5.32. The highest BCUT2D eigenvalue weighted by Gasteiger charge is 2.42. The van der Waals surface area contributed by atoms with Crippen molar-refractivity contribution in [3.63, 3.8) is 0 Å². The third kappa shape index (κ3) is 2.53. The first kappa shape index (κ1) is 12.0. The molecule has 2 saturated heterocycles. The van der Waals surface area contributed by atoms with E-state index in [-0.39, 0.29) is 0 Å². The minimum Gasteiger partial charge on any atom is -0.328 e. The van der Waals surface area contributed by atoms with Crippen LogP contribution in [0.25, 0.3) is 0 Å². The zero-order valence-electron chi connectivity index (χ0n) is 11.1. The van der Waals surface area contributed by atoms with Crippen molar-refractivity contribution in [2.45, 2.75) is 94.8 Å². The first-order valence-corrected chi connectivity index (χ1v) is 7.87. The molecule has 98 valence electrons. The maximum absolute atomic E-state index is 6.18. The van der Waals surface area contributed by atoms with Gasteiger partial charge in [0.15, 0.2) is 0 Å². The Morgan fingerprint density at radius 2 is 1.18 bits per heavy atom. The van der Waals surface area contributed by atoms with Gasteiger partial charge in [0, 0.05) is 24.2 Å². The van der Waals surface area contributed by atoms with Gasteiger partial charge in [-0.15, -0.1) is 0 Å². The van der Waals surface area contributed by atoms with Gasteiger partial charge in [-0.1, -0.05) is 32.1 Å². The molecule has 2 aliphatic heterocycles. The van der Waals surface area contributed by atoms with Crippen molar-refractivity contribution >= 4 is 0 Å². The Balaban J connectivity index is 1.66. The quantitative estimate of drug-likeness (QED) is 0.758. The van der Waals surface area contributed by atoms with Crippen molar-refractivity contribution in [3.8, 4) is 0 Å². The van der Waals surface area contributed by atoms with Gasteiger partial charge in [0.2, 0.25) is 0 Å². The molecule has 0 aromatic heterocycles. The Morgan fingerprint density at radius 3 is 1.76 bits per heavy atom. The van der Waals surface area contributed by atoms with E-state index >= 15 is 0 Å². The summed E-state index contributed by atoms with van der Waals surface area (Å²) < 4.78 is 0. The Kier molecular flexibility index (Phi) is 3.72. The number of hydrogen-bond acceptors (Lipinski definition) is 2. The topological polar surface area (TPSA) is 29.3 Å².